The van der Waals surface area contributed by atoms with E-state index in [0.29, 0.717) is 23.7 Å². The first-order valence-electron chi connectivity index (χ1n) is 11.6. The minimum absolute atomic E-state index is 0.456. The Kier molecular flexibility index (Phi) is 7.95. The molecule has 174 valence electrons. The molecule has 0 unspecified atom stereocenters. The van der Waals surface area contributed by atoms with Crippen molar-refractivity contribution < 1.29 is 13.6 Å². The van der Waals surface area contributed by atoms with Gasteiger partial charge in [0.25, 0.3) is 0 Å². The fourth-order valence-electron chi connectivity index (χ4n) is 4.61. The molecular formula is C27H38ClCuN2. The van der Waals surface area contributed by atoms with E-state index in [-0.39, 0.29) is 0 Å². The predicted octanol–water partition coefficient (Wildman–Crippen LogP) is 7.83. The maximum atomic E-state index is 6.61. The second-order valence-electron chi connectivity index (χ2n) is 9.78. The van der Waals surface area contributed by atoms with Crippen LogP contribution in [0.25, 0.3) is 0 Å². The molecule has 4 heteroatoms. The van der Waals surface area contributed by atoms with Crippen molar-refractivity contribution in [2.24, 2.45) is 0 Å². The minimum atomic E-state index is 0.456. The molecule has 0 N–H and O–H groups in total. The summed E-state index contributed by atoms with van der Waals surface area (Å²) in [6.07, 6.45) is 0. The van der Waals surface area contributed by atoms with Crippen LogP contribution < -0.4 is 9.80 Å². The summed E-state index contributed by atoms with van der Waals surface area (Å²) in [5.41, 5.74) is 8.30. The number of benzene rings is 2. The van der Waals surface area contributed by atoms with Gasteiger partial charge in [-0.2, -0.15) is 0 Å². The zero-order chi connectivity index (χ0) is 22.9. The van der Waals surface area contributed by atoms with E-state index in [1.807, 2.05) is 0 Å². The molecule has 0 bridgehead atoms. The third kappa shape index (κ3) is 4.75. The van der Waals surface area contributed by atoms with Crippen LogP contribution in [-0.4, -0.2) is 17.8 Å². The molecular weight excluding hydrogens is 451 g/mol. The van der Waals surface area contributed by atoms with Crippen LogP contribution >= 0.6 is 10.1 Å². The summed E-state index contributed by atoms with van der Waals surface area (Å²) in [6, 6.07) is 13.5. The molecule has 1 heterocycles. The Hall–Kier alpha value is -1.28. The van der Waals surface area contributed by atoms with Crippen molar-refractivity contribution in [3.8, 4) is 0 Å². The number of rotatable bonds is 6. The molecule has 1 fully saturated rings. The van der Waals surface area contributed by atoms with Crippen molar-refractivity contribution in [1.29, 1.82) is 0 Å². The number of para-hydroxylation sites is 2. The van der Waals surface area contributed by atoms with E-state index in [1.165, 1.54) is 47.2 Å². The van der Waals surface area contributed by atoms with Crippen molar-refractivity contribution in [3.63, 3.8) is 0 Å². The van der Waals surface area contributed by atoms with Gasteiger partial charge in [-0.15, -0.1) is 0 Å². The molecule has 2 aromatic rings. The molecule has 2 nitrogen and oxygen atoms in total. The SMILES string of the molecule is CC(C)c1cccc(C(C)C)c1N1CCN(c2c(C(C)C)cccc2C(C)C)[C]1=[Cu][Cl]. The van der Waals surface area contributed by atoms with Gasteiger partial charge in [-0.25, -0.2) is 0 Å². The molecule has 0 aromatic heterocycles. The van der Waals surface area contributed by atoms with Gasteiger partial charge >= 0.3 is 200 Å². The van der Waals surface area contributed by atoms with Crippen molar-refractivity contribution in [2.75, 3.05) is 22.9 Å². The number of nitrogens with zero attached hydrogens (tertiary/aromatic N) is 2. The zero-order valence-corrected chi connectivity index (χ0v) is 22.0. The maximum absolute atomic E-state index is 6.61. The van der Waals surface area contributed by atoms with Crippen LogP contribution in [0.15, 0.2) is 36.4 Å². The Balaban J connectivity index is 2.18. The molecule has 3 rings (SSSR count). The first-order valence-corrected chi connectivity index (χ1v) is 13.3. The average molecular weight is 490 g/mol. The van der Waals surface area contributed by atoms with Gasteiger partial charge in [0.1, 0.15) is 0 Å². The fraction of sp³-hybridized carbons (Fsp3) is 0.519. The van der Waals surface area contributed by atoms with Crippen LogP contribution in [0.5, 0.6) is 0 Å². The summed E-state index contributed by atoms with van der Waals surface area (Å²) in [5.74, 6) is 1.82. The predicted molar refractivity (Wildman–Crippen MR) is 135 cm³/mol. The Morgan fingerprint density at radius 1 is 0.613 bits per heavy atom. The van der Waals surface area contributed by atoms with Gasteiger partial charge in [-0.3, -0.25) is 0 Å². The summed E-state index contributed by atoms with van der Waals surface area (Å²) in [4.78, 5) is 4.94. The molecule has 1 saturated heterocycles. The van der Waals surface area contributed by atoms with Gasteiger partial charge in [-0.05, 0) is 0 Å². The van der Waals surface area contributed by atoms with Crippen LogP contribution in [0.4, 0.5) is 11.4 Å². The van der Waals surface area contributed by atoms with Crippen LogP contribution in [0.1, 0.15) is 101 Å². The summed E-state index contributed by atoms with van der Waals surface area (Å²) >= 11 is 1.47. The van der Waals surface area contributed by atoms with Gasteiger partial charge in [-0.1, -0.05) is 0 Å². The van der Waals surface area contributed by atoms with Crippen LogP contribution in [0, 0.1) is 0 Å². The Labute approximate surface area is 199 Å². The van der Waals surface area contributed by atoms with Gasteiger partial charge in [0.15, 0.2) is 0 Å². The van der Waals surface area contributed by atoms with Gasteiger partial charge in [0.05, 0.1) is 0 Å². The zero-order valence-electron chi connectivity index (χ0n) is 20.3. The fourth-order valence-corrected chi connectivity index (χ4v) is 5.73. The average Bonchev–Trinajstić information content (AvgIpc) is 3.15. The van der Waals surface area contributed by atoms with Crippen LogP contribution in [0.3, 0.4) is 0 Å². The molecule has 0 radical (unpaired) electrons. The molecule has 0 spiro atoms. The quantitative estimate of drug-likeness (QED) is 0.382. The molecule has 31 heavy (non-hydrogen) atoms. The van der Waals surface area contributed by atoms with Crippen molar-refractivity contribution in [2.45, 2.75) is 79.1 Å². The molecule has 2 aromatic carbocycles. The van der Waals surface area contributed by atoms with Crippen LogP contribution in [-0.2, 0) is 13.6 Å². The topological polar surface area (TPSA) is 6.48 Å². The molecule has 0 saturated carbocycles. The summed E-state index contributed by atoms with van der Waals surface area (Å²) in [6.45, 7) is 20.2. The van der Waals surface area contributed by atoms with Gasteiger partial charge in [0.2, 0.25) is 0 Å². The molecule has 0 amide bonds. The summed E-state index contributed by atoms with van der Waals surface area (Å²) in [5, 5.41) is 0. The van der Waals surface area contributed by atoms with Crippen LogP contribution in [0.2, 0.25) is 0 Å². The van der Waals surface area contributed by atoms with Gasteiger partial charge in [0, 0.05) is 0 Å². The molecule has 1 aliphatic rings. The Morgan fingerprint density at radius 2 is 0.903 bits per heavy atom. The third-order valence-electron chi connectivity index (χ3n) is 6.23. The molecule has 0 aliphatic carbocycles. The van der Waals surface area contributed by atoms with E-state index in [4.69, 9.17) is 10.1 Å². The van der Waals surface area contributed by atoms with E-state index in [2.05, 4.69) is 102 Å². The normalized spacial score (nSPS) is 14.9. The van der Waals surface area contributed by atoms with E-state index >= 15 is 0 Å². The molecule has 0 atom stereocenters. The van der Waals surface area contributed by atoms with Crippen molar-refractivity contribution >= 4 is 26.1 Å². The first kappa shape index (κ1) is 24.4. The van der Waals surface area contributed by atoms with E-state index in [0.717, 1.165) is 17.8 Å². The molecule has 1 aliphatic heterocycles. The number of hydrogen-bond acceptors (Lipinski definition) is 2. The van der Waals surface area contributed by atoms with Crippen molar-refractivity contribution in [3.05, 3.63) is 58.7 Å². The second-order valence-corrected chi connectivity index (χ2v) is 10.9. The van der Waals surface area contributed by atoms with E-state index in [1.54, 1.807) is 0 Å². The standard InChI is InChI=1S/C27H38N2.ClH.Cu/c1-18(2)22-11-9-12-23(19(3)4)26(22)28-15-16-29(17-28)27-24(20(5)6)13-10-14-25(27)21(7)8;;/h9-14,18-21H,15-16H2,1-8H3;1H;/q;;+1/p-1. The van der Waals surface area contributed by atoms with Gasteiger partial charge < -0.3 is 0 Å². The Bertz CT molecular complexity index is 820. The third-order valence-corrected chi connectivity index (χ3v) is 7.31. The summed E-state index contributed by atoms with van der Waals surface area (Å²) < 4.78 is 1.12. The number of hydrogen-bond donors (Lipinski definition) is 0. The van der Waals surface area contributed by atoms with E-state index < -0.39 is 0 Å². The first-order chi connectivity index (χ1) is 14.7. The van der Waals surface area contributed by atoms with Crippen molar-refractivity contribution in [1.82, 2.24) is 0 Å². The Morgan fingerprint density at radius 3 is 1.13 bits per heavy atom. The monoisotopic (exact) mass is 488 g/mol. The number of anilines is 2. The van der Waals surface area contributed by atoms with E-state index in [9.17, 15) is 0 Å². The number of halogens is 1. The second kappa shape index (κ2) is 10.1. The summed E-state index contributed by atoms with van der Waals surface area (Å²) in [7, 11) is 6.61.